The van der Waals surface area contributed by atoms with Crippen molar-refractivity contribution in [3.63, 3.8) is 0 Å². The van der Waals surface area contributed by atoms with Crippen LogP contribution in [-0.2, 0) is 15.2 Å². The number of carbonyl (C=O) groups is 1. The summed E-state index contributed by atoms with van der Waals surface area (Å²) < 4.78 is 18.8. The van der Waals surface area contributed by atoms with Crippen LogP contribution >= 0.6 is 0 Å². The van der Waals surface area contributed by atoms with Gasteiger partial charge in [0, 0.05) is 5.56 Å². The summed E-state index contributed by atoms with van der Waals surface area (Å²) in [6.45, 7) is 0.162. The zero-order chi connectivity index (χ0) is 17.2. The Balaban J connectivity index is 2.03. The van der Waals surface area contributed by atoms with E-state index in [1.807, 2.05) is 18.2 Å². The summed E-state index contributed by atoms with van der Waals surface area (Å²) in [5, 5.41) is 4.25. The first kappa shape index (κ1) is 13.5. The molecule has 0 bridgehead atoms. The third-order valence-electron chi connectivity index (χ3n) is 3.58. The van der Waals surface area contributed by atoms with Gasteiger partial charge in [0.15, 0.2) is 1.41 Å². The normalized spacial score (nSPS) is 19.1. The Kier molecular flexibility index (Phi) is 3.49. The monoisotopic (exact) mass is 309 g/mol. The van der Waals surface area contributed by atoms with Crippen molar-refractivity contribution in [3.05, 3.63) is 54.1 Å². The molecule has 0 radical (unpaired) electrons. The summed E-state index contributed by atoms with van der Waals surface area (Å²) in [4.78, 5) is 12.6. The Labute approximate surface area is 136 Å². The van der Waals surface area contributed by atoms with Crippen molar-refractivity contribution in [2.45, 2.75) is 5.66 Å². The molecule has 1 unspecified atom stereocenters. The highest BCUT2D eigenvalue weighted by Gasteiger charge is 2.46. The Morgan fingerprint density at radius 2 is 1.96 bits per heavy atom. The topological polar surface area (TPSA) is 59.6 Å². The lowest BCUT2D eigenvalue weighted by Gasteiger charge is -2.28. The molecule has 23 heavy (non-hydrogen) atoms. The van der Waals surface area contributed by atoms with E-state index in [1.165, 1.54) is 7.11 Å². The number of anilines is 2. The van der Waals surface area contributed by atoms with Crippen LogP contribution in [0.15, 0.2) is 48.5 Å². The Hall–Kier alpha value is -3.13. The number of hydrogen-bond donors (Lipinski definition) is 2. The molecule has 0 aliphatic carbocycles. The molecule has 116 valence electrons. The zero-order valence-corrected chi connectivity index (χ0v) is 12.6. The fourth-order valence-corrected chi connectivity index (χ4v) is 2.50. The van der Waals surface area contributed by atoms with Gasteiger partial charge in [-0.05, 0) is 24.3 Å². The van der Waals surface area contributed by atoms with E-state index >= 15 is 0 Å². The van der Waals surface area contributed by atoms with Crippen LogP contribution in [0.2, 0.25) is 1.41 Å². The van der Waals surface area contributed by atoms with Crippen molar-refractivity contribution >= 4 is 17.3 Å². The third-order valence-corrected chi connectivity index (χ3v) is 3.58. The van der Waals surface area contributed by atoms with E-state index in [4.69, 9.17) is 17.3 Å². The summed E-state index contributed by atoms with van der Waals surface area (Å²) in [7, 11) is 1.30. The van der Waals surface area contributed by atoms with Gasteiger partial charge in [-0.3, -0.25) is 0 Å². The van der Waals surface area contributed by atoms with E-state index in [0.29, 0.717) is 22.7 Å². The molecule has 5 nitrogen and oxygen atoms in total. The van der Waals surface area contributed by atoms with Gasteiger partial charge in [0.1, 0.15) is 12.4 Å². The minimum absolute atomic E-state index is 0.162. The van der Waals surface area contributed by atoms with Crippen LogP contribution in [0.1, 0.15) is 5.56 Å². The molecule has 1 aliphatic rings. The maximum atomic E-state index is 12.6. The quantitative estimate of drug-likeness (QED) is 0.671. The first-order chi connectivity index (χ1) is 11.6. The molecular weight excluding hydrogens is 292 g/mol. The van der Waals surface area contributed by atoms with E-state index in [1.54, 1.807) is 30.3 Å². The summed E-state index contributed by atoms with van der Waals surface area (Å²) in [6.07, 6.45) is 5.17. The van der Waals surface area contributed by atoms with Crippen molar-refractivity contribution in [1.29, 1.82) is 0 Å². The molecule has 0 saturated carbocycles. The molecule has 1 atom stereocenters. The van der Waals surface area contributed by atoms with Crippen LogP contribution in [0, 0.1) is 12.3 Å². The number of fused-ring (bicyclic) bond motifs is 1. The number of methoxy groups -OCH3 is 1. The predicted molar refractivity (Wildman–Crippen MR) is 88.2 cm³/mol. The number of ether oxygens (including phenoxy) is 2. The van der Waals surface area contributed by atoms with Crippen LogP contribution in [0.25, 0.3) is 0 Å². The third kappa shape index (κ3) is 2.55. The molecular formula is C18H16N2O3. The molecule has 2 N–H and O–H groups in total. The average Bonchev–Trinajstić information content (AvgIpc) is 2.94. The van der Waals surface area contributed by atoms with Gasteiger partial charge in [-0.25, -0.2) is 4.79 Å². The fourth-order valence-electron chi connectivity index (χ4n) is 2.50. The second-order valence-corrected chi connectivity index (χ2v) is 4.97. The van der Waals surface area contributed by atoms with Gasteiger partial charge in [-0.2, -0.15) is 0 Å². The lowest BCUT2D eigenvalue weighted by Crippen LogP contribution is -2.47. The van der Waals surface area contributed by atoms with Crippen molar-refractivity contribution in [2.75, 3.05) is 24.3 Å². The van der Waals surface area contributed by atoms with Gasteiger partial charge in [-0.15, -0.1) is 6.42 Å². The predicted octanol–water partition coefficient (Wildman–Crippen LogP) is 2.56. The van der Waals surface area contributed by atoms with Crippen molar-refractivity contribution < 1.29 is 15.7 Å². The molecule has 3 rings (SSSR count). The Morgan fingerprint density at radius 1 is 1.26 bits per heavy atom. The van der Waals surface area contributed by atoms with Crippen molar-refractivity contribution in [1.82, 2.24) is 0 Å². The number of esters is 1. The number of para-hydroxylation sites is 2. The van der Waals surface area contributed by atoms with Crippen LogP contribution in [0.5, 0.6) is 5.75 Å². The highest BCUT2D eigenvalue weighted by molar-refractivity contribution is 5.95. The molecule has 0 spiro atoms. The number of benzene rings is 2. The van der Waals surface area contributed by atoms with Gasteiger partial charge in [0.05, 0.1) is 18.5 Å². The average molecular weight is 309 g/mol. The van der Waals surface area contributed by atoms with E-state index in [0.717, 1.165) is 5.31 Å². The summed E-state index contributed by atoms with van der Waals surface area (Å²) in [6, 6.07) is 14.1. The Bertz CT molecular complexity index is 801. The Morgan fingerprint density at radius 3 is 2.57 bits per heavy atom. The molecule has 0 saturated heterocycles. The van der Waals surface area contributed by atoms with Gasteiger partial charge in [0.25, 0.3) is 0 Å². The number of hydrogen-bond acceptors (Lipinski definition) is 5. The summed E-state index contributed by atoms with van der Waals surface area (Å²) >= 11 is 0. The fraction of sp³-hybridized carbons (Fsp3) is 0.167. The summed E-state index contributed by atoms with van der Waals surface area (Å²) in [5.41, 5.74) is 0.387. The second-order valence-electron chi connectivity index (χ2n) is 4.97. The SMILES string of the molecule is [2H]N1c2ccccc2NC1(C(=O)OC)c1ccc(OCC#C)cc1. The standard InChI is InChI=1S/C18H16N2O3/c1-3-12-23-14-10-8-13(9-11-14)18(17(21)22-2)19-15-6-4-5-7-16(15)20-18/h1,4-11,19-20H,12H2,2H3/i/hD. The molecule has 0 amide bonds. The maximum Gasteiger partial charge on any atom is 0.357 e. The molecule has 0 aromatic heterocycles. The number of nitrogens with one attached hydrogen (secondary N) is 2. The van der Waals surface area contributed by atoms with Gasteiger partial charge in [0.2, 0.25) is 5.66 Å². The maximum absolute atomic E-state index is 12.6. The van der Waals surface area contributed by atoms with Gasteiger partial charge in [-0.1, -0.05) is 30.2 Å². The molecule has 5 heteroatoms. The summed E-state index contributed by atoms with van der Waals surface area (Å²) in [5.74, 6) is 2.40. The molecule has 1 heterocycles. The zero-order valence-electron chi connectivity index (χ0n) is 13.6. The molecule has 2 aromatic rings. The molecule has 1 aliphatic heterocycles. The number of carbonyl (C=O) groups excluding carboxylic acids is 1. The first-order valence-corrected chi connectivity index (χ1v) is 7.05. The number of terminal acetylenes is 1. The van der Waals surface area contributed by atoms with E-state index in [2.05, 4.69) is 11.2 Å². The lowest BCUT2D eigenvalue weighted by atomic mass is 10.00. The minimum Gasteiger partial charge on any atom is -0.481 e. The van der Waals surface area contributed by atoms with Crippen LogP contribution in [0.4, 0.5) is 11.4 Å². The molecule has 2 aromatic carbocycles. The van der Waals surface area contributed by atoms with E-state index in [9.17, 15) is 4.79 Å². The van der Waals surface area contributed by atoms with Crippen LogP contribution in [0.3, 0.4) is 0 Å². The second kappa shape index (κ2) is 5.93. The molecule has 0 fully saturated rings. The van der Waals surface area contributed by atoms with Crippen LogP contribution < -0.4 is 15.4 Å². The van der Waals surface area contributed by atoms with Crippen molar-refractivity contribution in [3.8, 4) is 18.1 Å². The minimum atomic E-state index is -1.46. The van der Waals surface area contributed by atoms with Gasteiger partial charge >= 0.3 is 5.97 Å². The smallest absolute Gasteiger partial charge is 0.357 e. The highest BCUT2D eigenvalue weighted by atomic mass is 16.5. The number of rotatable bonds is 4. The van der Waals surface area contributed by atoms with Crippen molar-refractivity contribution in [2.24, 2.45) is 0 Å². The largest absolute Gasteiger partial charge is 0.481 e. The van der Waals surface area contributed by atoms with Crippen LogP contribution in [-0.4, -0.2) is 19.7 Å². The van der Waals surface area contributed by atoms with E-state index in [-0.39, 0.29) is 6.61 Å². The van der Waals surface area contributed by atoms with Gasteiger partial charge < -0.3 is 20.1 Å². The van der Waals surface area contributed by atoms with E-state index < -0.39 is 11.6 Å². The lowest BCUT2D eigenvalue weighted by molar-refractivity contribution is -0.145. The first-order valence-electron chi connectivity index (χ1n) is 7.49. The highest BCUT2D eigenvalue weighted by Crippen LogP contribution is 2.40.